The van der Waals surface area contributed by atoms with Crippen LogP contribution in [0.5, 0.6) is 0 Å². The molecule has 9 heteroatoms. The first-order chi connectivity index (χ1) is 11.8. The van der Waals surface area contributed by atoms with Gasteiger partial charge in [-0.3, -0.25) is 14.4 Å². The van der Waals surface area contributed by atoms with Crippen LogP contribution < -0.4 is 0 Å². The lowest BCUT2D eigenvalue weighted by atomic mass is 10.2. The van der Waals surface area contributed by atoms with Crippen LogP contribution in [-0.4, -0.2) is 77.8 Å². The zero-order valence-electron chi connectivity index (χ0n) is 13.2. The molecule has 0 radical (unpaired) electrons. The smallest absolute Gasteiger partial charge is 0.254 e. The Kier molecular flexibility index (Phi) is 3.91. The van der Waals surface area contributed by atoms with Crippen molar-refractivity contribution in [3.05, 3.63) is 42.9 Å². The first-order valence-corrected chi connectivity index (χ1v) is 7.93. The molecule has 9 nitrogen and oxygen atoms in total. The molecule has 0 unspecified atom stereocenters. The molecule has 0 saturated carbocycles. The minimum Gasteiger partial charge on any atom is -0.336 e. The van der Waals surface area contributed by atoms with Gasteiger partial charge in [0.05, 0.1) is 6.54 Å². The molecular formula is C15H18N8O. The van der Waals surface area contributed by atoms with Crippen molar-refractivity contribution >= 4 is 11.6 Å². The van der Waals surface area contributed by atoms with Gasteiger partial charge in [-0.1, -0.05) is 0 Å². The van der Waals surface area contributed by atoms with E-state index in [1.165, 1.54) is 6.33 Å². The molecule has 1 amide bonds. The van der Waals surface area contributed by atoms with E-state index in [1.54, 1.807) is 35.5 Å². The quantitative estimate of drug-likeness (QED) is 0.659. The Morgan fingerprint density at radius 3 is 2.75 bits per heavy atom. The summed E-state index contributed by atoms with van der Waals surface area (Å²) in [7, 11) is 0. The number of hydrogen-bond acceptors (Lipinski definition) is 6. The number of fused-ring (bicyclic) bond motifs is 1. The van der Waals surface area contributed by atoms with E-state index < -0.39 is 0 Å². The monoisotopic (exact) mass is 326 g/mol. The Labute approximate surface area is 138 Å². The molecular weight excluding hydrogens is 308 g/mol. The van der Waals surface area contributed by atoms with E-state index in [2.05, 4.69) is 25.1 Å². The summed E-state index contributed by atoms with van der Waals surface area (Å²) in [4.78, 5) is 25.0. The van der Waals surface area contributed by atoms with Crippen molar-refractivity contribution in [1.29, 1.82) is 0 Å². The Morgan fingerprint density at radius 1 is 1.08 bits per heavy atom. The highest BCUT2D eigenvalue weighted by Crippen LogP contribution is 2.10. The predicted octanol–water partition coefficient (Wildman–Crippen LogP) is -0.221. The molecule has 1 aliphatic heterocycles. The van der Waals surface area contributed by atoms with Gasteiger partial charge in [0, 0.05) is 44.5 Å². The summed E-state index contributed by atoms with van der Waals surface area (Å²) < 4.78 is 3.48. The third-order valence-corrected chi connectivity index (χ3v) is 4.30. The van der Waals surface area contributed by atoms with E-state index in [-0.39, 0.29) is 5.91 Å². The number of carbonyl (C=O) groups is 1. The van der Waals surface area contributed by atoms with E-state index in [0.29, 0.717) is 11.2 Å². The fourth-order valence-electron chi connectivity index (χ4n) is 2.90. The Bertz CT molecular complexity index is 819. The number of hydrogen-bond donors (Lipinski definition) is 0. The molecule has 3 aromatic heterocycles. The van der Waals surface area contributed by atoms with E-state index >= 15 is 0 Å². The molecule has 0 spiro atoms. The van der Waals surface area contributed by atoms with E-state index in [1.807, 2.05) is 9.58 Å². The van der Waals surface area contributed by atoms with Gasteiger partial charge in [0.2, 0.25) is 0 Å². The second-order valence-electron chi connectivity index (χ2n) is 5.77. The Hall–Kier alpha value is -2.81. The van der Waals surface area contributed by atoms with Crippen molar-refractivity contribution in [2.75, 3.05) is 32.7 Å². The van der Waals surface area contributed by atoms with Gasteiger partial charge in [0.1, 0.15) is 19.0 Å². The molecule has 0 bridgehead atoms. The molecule has 1 fully saturated rings. The summed E-state index contributed by atoms with van der Waals surface area (Å²) >= 11 is 0. The minimum absolute atomic E-state index is 0.0522. The lowest BCUT2D eigenvalue weighted by molar-refractivity contribution is 0.0632. The first-order valence-electron chi connectivity index (χ1n) is 7.93. The average molecular weight is 326 g/mol. The van der Waals surface area contributed by atoms with Crippen molar-refractivity contribution in [1.82, 2.24) is 39.2 Å². The molecule has 0 aliphatic carbocycles. The van der Waals surface area contributed by atoms with Crippen molar-refractivity contribution in [2.24, 2.45) is 0 Å². The summed E-state index contributed by atoms with van der Waals surface area (Å²) in [5.74, 6) is 0.0522. The standard InChI is InChI=1S/C15H18N8O/c24-15(13-1-2-23-14(9-13)17-11-19-23)21-6-3-20(4-7-21)5-8-22-12-16-10-18-22/h1-2,9-12H,3-8H2. The highest BCUT2D eigenvalue weighted by atomic mass is 16.2. The number of nitrogens with zero attached hydrogens (tertiary/aromatic N) is 8. The lowest BCUT2D eigenvalue weighted by Crippen LogP contribution is -2.49. The maximum absolute atomic E-state index is 12.6. The van der Waals surface area contributed by atoms with Crippen LogP contribution in [0.4, 0.5) is 0 Å². The molecule has 1 aliphatic rings. The molecule has 4 rings (SSSR count). The lowest BCUT2D eigenvalue weighted by Gasteiger charge is -2.34. The SMILES string of the molecule is O=C(c1ccn2ncnc2c1)N1CCN(CCn2cncn2)CC1. The summed E-state index contributed by atoms with van der Waals surface area (Å²) in [6.07, 6.45) is 6.52. The Balaban J connectivity index is 1.33. The first kappa shape index (κ1) is 14.8. The normalized spacial score (nSPS) is 15.9. The van der Waals surface area contributed by atoms with Gasteiger partial charge in [-0.05, 0) is 12.1 Å². The molecule has 0 N–H and O–H groups in total. The van der Waals surface area contributed by atoms with Crippen LogP contribution in [0.2, 0.25) is 0 Å². The fourth-order valence-corrected chi connectivity index (χ4v) is 2.90. The van der Waals surface area contributed by atoms with Crippen molar-refractivity contribution < 1.29 is 4.79 Å². The summed E-state index contributed by atoms with van der Waals surface area (Å²) in [6.45, 7) is 4.93. The zero-order chi connectivity index (χ0) is 16.4. The molecule has 4 heterocycles. The highest BCUT2D eigenvalue weighted by Gasteiger charge is 2.22. The second kappa shape index (κ2) is 6.36. The van der Waals surface area contributed by atoms with Crippen LogP contribution in [0.15, 0.2) is 37.3 Å². The average Bonchev–Trinajstić information content (AvgIpc) is 3.30. The molecule has 124 valence electrons. The van der Waals surface area contributed by atoms with Gasteiger partial charge in [-0.15, -0.1) is 0 Å². The van der Waals surface area contributed by atoms with E-state index in [0.717, 1.165) is 39.3 Å². The van der Waals surface area contributed by atoms with Gasteiger partial charge in [-0.2, -0.15) is 10.2 Å². The maximum atomic E-state index is 12.6. The number of rotatable bonds is 4. The van der Waals surface area contributed by atoms with Crippen molar-refractivity contribution in [2.45, 2.75) is 6.54 Å². The number of amides is 1. The number of carbonyl (C=O) groups excluding carboxylic acids is 1. The highest BCUT2D eigenvalue weighted by molar-refractivity contribution is 5.95. The molecule has 0 aromatic carbocycles. The molecule has 1 saturated heterocycles. The van der Waals surface area contributed by atoms with Crippen LogP contribution >= 0.6 is 0 Å². The van der Waals surface area contributed by atoms with Crippen LogP contribution in [0.1, 0.15) is 10.4 Å². The minimum atomic E-state index is 0.0522. The second-order valence-corrected chi connectivity index (χ2v) is 5.77. The fraction of sp³-hybridized carbons (Fsp3) is 0.400. The summed E-state index contributed by atoms with van der Waals surface area (Å²) in [5.41, 5.74) is 1.35. The summed E-state index contributed by atoms with van der Waals surface area (Å²) in [5, 5.41) is 8.15. The van der Waals surface area contributed by atoms with Gasteiger partial charge >= 0.3 is 0 Å². The molecule has 0 atom stereocenters. The number of piperazine rings is 1. The van der Waals surface area contributed by atoms with Crippen molar-refractivity contribution in [3.8, 4) is 0 Å². The Morgan fingerprint density at radius 2 is 1.96 bits per heavy atom. The third-order valence-electron chi connectivity index (χ3n) is 4.30. The maximum Gasteiger partial charge on any atom is 0.254 e. The largest absolute Gasteiger partial charge is 0.336 e. The molecule has 24 heavy (non-hydrogen) atoms. The van der Waals surface area contributed by atoms with E-state index in [9.17, 15) is 4.79 Å². The predicted molar refractivity (Wildman–Crippen MR) is 85.4 cm³/mol. The van der Waals surface area contributed by atoms with Crippen LogP contribution in [-0.2, 0) is 6.54 Å². The van der Waals surface area contributed by atoms with Gasteiger partial charge < -0.3 is 4.90 Å². The molecule has 3 aromatic rings. The van der Waals surface area contributed by atoms with Gasteiger partial charge in [0.15, 0.2) is 5.65 Å². The van der Waals surface area contributed by atoms with E-state index in [4.69, 9.17) is 0 Å². The van der Waals surface area contributed by atoms with Crippen LogP contribution in [0, 0.1) is 0 Å². The number of aromatic nitrogens is 6. The summed E-state index contributed by atoms with van der Waals surface area (Å²) in [6, 6.07) is 3.58. The third kappa shape index (κ3) is 2.98. The topological polar surface area (TPSA) is 84.5 Å². The van der Waals surface area contributed by atoms with Gasteiger partial charge in [0.25, 0.3) is 5.91 Å². The van der Waals surface area contributed by atoms with Crippen LogP contribution in [0.25, 0.3) is 5.65 Å². The zero-order valence-corrected chi connectivity index (χ0v) is 13.2. The van der Waals surface area contributed by atoms with Crippen LogP contribution in [0.3, 0.4) is 0 Å². The number of pyridine rings is 1. The van der Waals surface area contributed by atoms with Gasteiger partial charge in [-0.25, -0.2) is 14.5 Å². The van der Waals surface area contributed by atoms with Crippen molar-refractivity contribution in [3.63, 3.8) is 0 Å².